The zero-order chi connectivity index (χ0) is 16.8. The highest BCUT2D eigenvalue weighted by molar-refractivity contribution is 9.10. The van der Waals surface area contributed by atoms with Crippen molar-refractivity contribution in [3.63, 3.8) is 0 Å². The molecule has 3 aromatic carbocycles. The van der Waals surface area contributed by atoms with E-state index in [-0.39, 0.29) is 12.5 Å². The molecule has 1 amide bonds. The quantitative estimate of drug-likeness (QED) is 0.532. The van der Waals surface area contributed by atoms with Crippen LogP contribution in [0.25, 0.3) is 10.8 Å². The molecule has 0 fully saturated rings. The van der Waals surface area contributed by atoms with E-state index < -0.39 is 0 Å². The lowest BCUT2D eigenvalue weighted by Crippen LogP contribution is -2.24. The third kappa shape index (κ3) is 4.43. The Kier molecular flexibility index (Phi) is 5.23. The smallest absolute Gasteiger partial charge is 0.277 e. The van der Waals surface area contributed by atoms with E-state index in [9.17, 15) is 4.79 Å². The lowest BCUT2D eigenvalue weighted by Gasteiger charge is -2.06. The van der Waals surface area contributed by atoms with Crippen LogP contribution in [-0.4, -0.2) is 18.7 Å². The van der Waals surface area contributed by atoms with E-state index in [1.807, 2.05) is 66.7 Å². The maximum atomic E-state index is 11.8. The number of carbonyl (C=O) groups excluding carboxylic acids is 1. The summed E-state index contributed by atoms with van der Waals surface area (Å²) in [6, 6.07) is 21.3. The second kappa shape index (κ2) is 7.75. The van der Waals surface area contributed by atoms with Gasteiger partial charge < -0.3 is 4.74 Å². The average molecular weight is 383 g/mol. The Labute approximate surface area is 148 Å². The number of nitrogens with one attached hydrogen (secondary N) is 1. The van der Waals surface area contributed by atoms with Gasteiger partial charge in [0.1, 0.15) is 5.75 Å². The van der Waals surface area contributed by atoms with Gasteiger partial charge in [-0.2, -0.15) is 5.10 Å². The molecule has 0 aliphatic rings. The molecule has 0 spiro atoms. The second-order valence-electron chi connectivity index (χ2n) is 5.15. The lowest BCUT2D eigenvalue weighted by atomic mass is 10.1. The number of nitrogens with zero attached hydrogens (tertiary/aromatic N) is 1. The molecule has 0 aromatic heterocycles. The Morgan fingerprint density at radius 3 is 2.71 bits per heavy atom. The van der Waals surface area contributed by atoms with Gasteiger partial charge in [-0.25, -0.2) is 5.43 Å². The van der Waals surface area contributed by atoms with E-state index in [0.29, 0.717) is 5.75 Å². The van der Waals surface area contributed by atoms with Gasteiger partial charge in [0.2, 0.25) is 0 Å². The van der Waals surface area contributed by atoms with Crippen molar-refractivity contribution in [3.05, 3.63) is 76.8 Å². The third-order valence-corrected chi connectivity index (χ3v) is 3.84. The number of ether oxygens (including phenoxy) is 1. The van der Waals surface area contributed by atoms with Gasteiger partial charge in [-0.05, 0) is 40.6 Å². The first-order valence-electron chi connectivity index (χ1n) is 7.40. The molecule has 4 nitrogen and oxygen atoms in total. The maximum Gasteiger partial charge on any atom is 0.277 e. The van der Waals surface area contributed by atoms with Crippen molar-refractivity contribution in [3.8, 4) is 5.75 Å². The number of rotatable bonds is 5. The molecule has 0 atom stereocenters. The van der Waals surface area contributed by atoms with Crippen molar-refractivity contribution >= 4 is 38.8 Å². The number of halogens is 1. The van der Waals surface area contributed by atoms with Gasteiger partial charge in [0.05, 0.1) is 6.21 Å². The molecule has 0 aliphatic heterocycles. The fourth-order valence-corrected chi connectivity index (χ4v) is 2.62. The first-order chi connectivity index (χ1) is 11.7. The summed E-state index contributed by atoms with van der Waals surface area (Å²) in [5.41, 5.74) is 3.34. The monoisotopic (exact) mass is 382 g/mol. The molecular weight excluding hydrogens is 368 g/mol. The first kappa shape index (κ1) is 16.2. The van der Waals surface area contributed by atoms with E-state index in [1.54, 1.807) is 6.21 Å². The summed E-state index contributed by atoms with van der Waals surface area (Å²) >= 11 is 3.38. The van der Waals surface area contributed by atoms with E-state index in [1.165, 1.54) is 0 Å². The highest BCUT2D eigenvalue weighted by Gasteiger charge is 2.02. The van der Waals surface area contributed by atoms with Crippen LogP contribution in [-0.2, 0) is 4.79 Å². The molecule has 5 heteroatoms. The number of benzene rings is 3. The fraction of sp³-hybridized carbons (Fsp3) is 0.0526. The van der Waals surface area contributed by atoms with Crippen LogP contribution in [0.1, 0.15) is 5.56 Å². The van der Waals surface area contributed by atoms with Crippen molar-refractivity contribution in [1.82, 2.24) is 5.43 Å². The highest BCUT2D eigenvalue weighted by Crippen LogP contribution is 2.20. The summed E-state index contributed by atoms with van der Waals surface area (Å²) in [6.45, 7) is -0.0891. The van der Waals surface area contributed by atoms with Crippen LogP contribution in [0, 0.1) is 0 Å². The van der Waals surface area contributed by atoms with Gasteiger partial charge in [0, 0.05) is 4.47 Å². The lowest BCUT2D eigenvalue weighted by molar-refractivity contribution is -0.123. The van der Waals surface area contributed by atoms with Crippen molar-refractivity contribution in [1.29, 1.82) is 0 Å². The van der Waals surface area contributed by atoms with Crippen LogP contribution in [0.4, 0.5) is 0 Å². The zero-order valence-electron chi connectivity index (χ0n) is 12.8. The summed E-state index contributed by atoms with van der Waals surface area (Å²) in [4.78, 5) is 11.8. The minimum absolute atomic E-state index is 0.0891. The summed E-state index contributed by atoms with van der Waals surface area (Å²) in [5.74, 6) is 0.342. The molecule has 3 rings (SSSR count). The van der Waals surface area contributed by atoms with Crippen molar-refractivity contribution < 1.29 is 9.53 Å². The predicted octanol–water partition coefficient (Wildman–Crippen LogP) is 4.13. The molecule has 0 saturated heterocycles. The van der Waals surface area contributed by atoms with Crippen molar-refractivity contribution in [2.24, 2.45) is 5.10 Å². The van der Waals surface area contributed by atoms with Crippen LogP contribution < -0.4 is 10.2 Å². The SMILES string of the molecule is O=C(COc1ccc2ccccc2c1)N/N=C\c1cccc(Br)c1. The molecule has 0 saturated carbocycles. The third-order valence-electron chi connectivity index (χ3n) is 3.34. The summed E-state index contributed by atoms with van der Waals surface area (Å²) < 4.78 is 6.46. The molecule has 3 aromatic rings. The molecule has 0 aliphatic carbocycles. The highest BCUT2D eigenvalue weighted by atomic mass is 79.9. The second-order valence-corrected chi connectivity index (χ2v) is 6.06. The van der Waals surface area contributed by atoms with Crippen LogP contribution in [0.5, 0.6) is 5.75 Å². The molecule has 1 N–H and O–H groups in total. The van der Waals surface area contributed by atoms with Crippen LogP contribution in [0.2, 0.25) is 0 Å². The van der Waals surface area contributed by atoms with Gasteiger partial charge in [-0.15, -0.1) is 0 Å². The number of hydrogen-bond acceptors (Lipinski definition) is 3. The number of carbonyl (C=O) groups is 1. The zero-order valence-corrected chi connectivity index (χ0v) is 14.4. The Morgan fingerprint density at radius 2 is 1.88 bits per heavy atom. The Balaban J connectivity index is 1.53. The first-order valence-corrected chi connectivity index (χ1v) is 8.19. The van der Waals surface area contributed by atoms with Crippen molar-refractivity contribution in [2.45, 2.75) is 0 Å². The predicted molar refractivity (Wildman–Crippen MR) is 99.3 cm³/mol. The molecule has 0 heterocycles. The minimum Gasteiger partial charge on any atom is -0.484 e. The van der Waals surface area contributed by atoms with Gasteiger partial charge in [0.25, 0.3) is 5.91 Å². The number of amides is 1. The van der Waals surface area contributed by atoms with Gasteiger partial charge in [-0.1, -0.05) is 58.4 Å². The standard InChI is InChI=1S/C19H15BrN2O2/c20-17-7-3-4-14(10-17)12-21-22-19(23)13-24-18-9-8-15-5-1-2-6-16(15)11-18/h1-12H,13H2,(H,22,23)/b21-12-. The topological polar surface area (TPSA) is 50.7 Å². The fourth-order valence-electron chi connectivity index (χ4n) is 2.20. The van der Waals surface area contributed by atoms with Crippen LogP contribution in [0.15, 0.2) is 76.3 Å². The Bertz CT molecular complexity index is 893. The number of fused-ring (bicyclic) bond motifs is 1. The largest absolute Gasteiger partial charge is 0.484 e. The molecular formula is C19H15BrN2O2. The molecule has 0 unspecified atom stereocenters. The van der Waals surface area contributed by atoms with E-state index in [2.05, 4.69) is 26.5 Å². The van der Waals surface area contributed by atoms with E-state index in [0.717, 1.165) is 20.8 Å². The van der Waals surface area contributed by atoms with Crippen LogP contribution >= 0.6 is 15.9 Å². The summed E-state index contributed by atoms with van der Waals surface area (Å²) in [6.07, 6.45) is 1.58. The van der Waals surface area contributed by atoms with E-state index in [4.69, 9.17) is 4.74 Å². The van der Waals surface area contributed by atoms with Gasteiger partial charge in [0.15, 0.2) is 6.61 Å². The van der Waals surface area contributed by atoms with Crippen LogP contribution in [0.3, 0.4) is 0 Å². The average Bonchev–Trinajstić information content (AvgIpc) is 2.60. The summed E-state index contributed by atoms with van der Waals surface area (Å²) in [7, 11) is 0. The summed E-state index contributed by atoms with van der Waals surface area (Å²) in [5, 5.41) is 6.12. The van der Waals surface area contributed by atoms with Gasteiger partial charge in [-0.3, -0.25) is 4.79 Å². The maximum absolute atomic E-state index is 11.8. The molecule has 24 heavy (non-hydrogen) atoms. The minimum atomic E-state index is -0.311. The molecule has 120 valence electrons. The Hall–Kier alpha value is -2.66. The van der Waals surface area contributed by atoms with Crippen molar-refractivity contribution in [2.75, 3.05) is 6.61 Å². The van der Waals surface area contributed by atoms with E-state index >= 15 is 0 Å². The number of hydrazone groups is 1. The Morgan fingerprint density at radius 1 is 1.04 bits per heavy atom. The van der Waals surface area contributed by atoms with Gasteiger partial charge >= 0.3 is 0 Å². The molecule has 0 bridgehead atoms. The normalized spacial score (nSPS) is 10.9. The number of hydrogen-bond donors (Lipinski definition) is 1. The molecule has 0 radical (unpaired) electrons.